The lowest BCUT2D eigenvalue weighted by molar-refractivity contribution is 0.319. The summed E-state index contributed by atoms with van der Waals surface area (Å²) in [5, 5.41) is 4.16. The van der Waals surface area contributed by atoms with Gasteiger partial charge in [0.1, 0.15) is 5.75 Å². The normalized spacial score (nSPS) is 22.9. The van der Waals surface area contributed by atoms with Crippen molar-refractivity contribution in [1.29, 1.82) is 0 Å². The summed E-state index contributed by atoms with van der Waals surface area (Å²) in [6.45, 7) is 0.776. The minimum absolute atomic E-state index is 0.599. The van der Waals surface area contributed by atoms with Gasteiger partial charge in [-0.25, -0.2) is 0 Å². The Balaban J connectivity index is 1.92. The topological polar surface area (TPSA) is 9.23 Å². The van der Waals surface area contributed by atoms with Crippen LogP contribution < -0.4 is 4.74 Å². The Labute approximate surface area is 129 Å². The van der Waals surface area contributed by atoms with Gasteiger partial charge in [-0.3, -0.25) is 0 Å². The Morgan fingerprint density at radius 1 is 1.33 bits per heavy atom. The van der Waals surface area contributed by atoms with Crippen molar-refractivity contribution in [2.75, 3.05) is 11.9 Å². The van der Waals surface area contributed by atoms with Gasteiger partial charge in [-0.1, -0.05) is 40.3 Å². The first-order valence-corrected chi connectivity index (χ1v) is 10.2. The number of halogens is 1. The van der Waals surface area contributed by atoms with Crippen LogP contribution in [0.25, 0.3) is 0 Å². The lowest BCUT2D eigenvalue weighted by Gasteiger charge is -2.10. The number of alkyl halides is 1. The Morgan fingerprint density at radius 3 is 2.72 bits per heavy atom. The van der Waals surface area contributed by atoms with Gasteiger partial charge >= 0.3 is 0 Å². The Kier molecular flexibility index (Phi) is 6.35. The van der Waals surface area contributed by atoms with Crippen molar-refractivity contribution in [3.8, 4) is 5.75 Å². The average Bonchev–Trinajstić information content (AvgIpc) is 2.89. The molecular formula is C13H17BrOS3. The number of thiocarbonyl (C=S) groups is 1. The molecule has 1 heterocycles. The van der Waals surface area contributed by atoms with Crippen molar-refractivity contribution in [3.05, 3.63) is 29.8 Å². The quantitative estimate of drug-likeness (QED) is 0.347. The molecule has 2 unspecified atom stereocenters. The first-order chi connectivity index (χ1) is 8.83. The van der Waals surface area contributed by atoms with Crippen LogP contribution in [0.15, 0.2) is 24.3 Å². The zero-order valence-electron chi connectivity index (χ0n) is 9.96. The molecule has 1 nitrogen and oxygen atoms in total. The van der Waals surface area contributed by atoms with Gasteiger partial charge < -0.3 is 4.74 Å². The number of ether oxygens (including phenoxy) is 1. The van der Waals surface area contributed by atoms with Crippen molar-refractivity contribution in [2.24, 2.45) is 0 Å². The molecule has 1 aliphatic rings. The second-order valence-electron chi connectivity index (χ2n) is 4.15. The van der Waals surface area contributed by atoms with Gasteiger partial charge in [0.15, 0.2) is 0 Å². The summed E-state index contributed by atoms with van der Waals surface area (Å²) in [6, 6.07) is 8.56. The van der Waals surface area contributed by atoms with E-state index in [1.165, 1.54) is 32.6 Å². The molecule has 2 atom stereocenters. The number of thiol groups is 2. The number of hydrogen-bond acceptors (Lipinski definition) is 2. The predicted octanol–water partition coefficient (Wildman–Crippen LogP) is 3.21. The molecular weight excluding hydrogens is 348 g/mol. The third-order valence-corrected chi connectivity index (χ3v) is 7.58. The summed E-state index contributed by atoms with van der Waals surface area (Å²) in [4.78, 5) is 0. The molecule has 5 heteroatoms. The second-order valence-corrected chi connectivity index (χ2v) is 8.35. The minimum atomic E-state index is 0.599. The van der Waals surface area contributed by atoms with Crippen LogP contribution in [0.1, 0.15) is 23.7 Å². The smallest absolute Gasteiger partial charge is 0.119 e. The van der Waals surface area contributed by atoms with Crippen LogP contribution in [-0.4, -0.2) is 22.6 Å². The highest BCUT2D eigenvalue weighted by atomic mass is 79.9. The number of hydrogen-bond donors (Lipinski definition) is 2. The van der Waals surface area contributed by atoms with Crippen LogP contribution in [0.4, 0.5) is 0 Å². The first kappa shape index (κ1) is 14.7. The van der Waals surface area contributed by atoms with E-state index in [0.29, 0.717) is 10.5 Å². The van der Waals surface area contributed by atoms with Crippen LogP contribution in [-0.2, 0) is 20.6 Å². The summed E-state index contributed by atoms with van der Waals surface area (Å²) >= 11 is 8.43. The van der Waals surface area contributed by atoms with E-state index in [2.05, 4.69) is 40.2 Å². The molecule has 18 heavy (non-hydrogen) atoms. The fraction of sp³-hybridized carbons (Fsp3) is 0.462. The number of benzene rings is 1. The van der Waals surface area contributed by atoms with Gasteiger partial charge in [0, 0.05) is 15.8 Å². The fourth-order valence-corrected chi connectivity index (χ4v) is 6.25. The Morgan fingerprint density at radius 2 is 2.11 bits per heavy atom. The Bertz CT molecular complexity index is 419. The van der Waals surface area contributed by atoms with Crippen LogP contribution in [0.5, 0.6) is 5.75 Å². The fourth-order valence-electron chi connectivity index (χ4n) is 1.81. The van der Waals surface area contributed by atoms with E-state index in [1.807, 2.05) is 5.37 Å². The van der Waals surface area contributed by atoms with Crippen molar-refractivity contribution >= 4 is 54.2 Å². The third kappa shape index (κ3) is 4.15. The molecule has 1 aromatic carbocycles. The molecule has 0 amide bonds. The van der Waals surface area contributed by atoms with Gasteiger partial charge in [-0.15, -0.1) is 0 Å². The number of rotatable bonds is 6. The van der Waals surface area contributed by atoms with Crippen LogP contribution in [0.3, 0.4) is 0 Å². The minimum Gasteiger partial charge on any atom is -0.494 e. The molecule has 0 radical (unpaired) electrons. The molecule has 100 valence electrons. The molecule has 0 aromatic heterocycles. The van der Waals surface area contributed by atoms with E-state index in [1.54, 1.807) is 0 Å². The predicted molar refractivity (Wildman–Crippen MR) is 92.7 cm³/mol. The Hall–Kier alpha value is 0.290. The van der Waals surface area contributed by atoms with Crippen molar-refractivity contribution in [1.82, 2.24) is 0 Å². The summed E-state index contributed by atoms with van der Waals surface area (Å²) in [6.07, 6.45) is 2.23. The lowest BCUT2D eigenvalue weighted by Crippen LogP contribution is -2.04. The van der Waals surface area contributed by atoms with Gasteiger partial charge in [0.05, 0.1) is 6.61 Å². The monoisotopic (exact) mass is 364 g/mol. The zero-order valence-corrected chi connectivity index (χ0v) is 14.2. The van der Waals surface area contributed by atoms with E-state index in [4.69, 9.17) is 17.0 Å². The molecule has 1 aliphatic heterocycles. The van der Waals surface area contributed by atoms with E-state index in [-0.39, 0.29) is 0 Å². The van der Waals surface area contributed by atoms with Gasteiger partial charge in [-0.2, -0.15) is 20.6 Å². The maximum atomic E-state index is 5.65. The first-order valence-electron chi connectivity index (χ1n) is 5.97. The molecule has 0 saturated carbocycles. The molecule has 0 spiro atoms. The molecule has 0 saturated heterocycles. The summed E-state index contributed by atoms with van der Waals surface area (Å²) in [5.41, 5.74) is 1.41. The van der Waals surface area contributed by atoms with Crippen molar-refractivity contribution in [2.45, 2.75) is 23.3 Å². The molecule has 0 fully saturated rings. The maximum absolute atomic E-state index is 5.65. The van der Waals surface area contributed by atoms with Crippen LogP contribution >= 0.6 is 28.1 Å². The van der Waals surface area contributed by atoms with Crippen LogP contribution in [0, 0.1) is 0 Å². The largest absolute Gasteiger partial charge is 0.494 e. The summed E-state index contributed by atoms with van der Waals surface area (Å²) in [7, 11) is 2.95. The molecule has 2 rings (SSSR count). The maximum Gasteiger partial charge on any atom is 0.119 e. The molecule has 0 bridgehead atoms. The summed E-state index contributed by atoms with van der Waals surface area (Å²) < 4.78 is 5.65. The lowest BCUT2D eigenvalue weighted by atomic mass is 10.1. The van der Waals surface area contributed by atoms with Crippen molar-refractivity contribution in [3.63, 3.8) is 0 Å². The van der Waals surface area contributed by atoms with E-state index < -0.39 is 0 Å². The van der Waals surface area contributed by atoms with E-state index in [0.717, 1.165) is 24.1 Å². The highest BCUT2D eigenvalue weighted by molar-refractivity contribution is 9.09. The highest BCUT2D eigenvalue weighted by Gasteiger charge is 2.18. The van der Waals surface area contributed by atoms with Gasteiger partial charge in [-0.05, 0) is 35.9 Å². The summed E-state index contributed by atoms with van der Waals surface area (Å²) in [5.74, 6) is 0.971. The van der Waals surface area contributed by atoms with E-state index >= 15 is 0 Å². The van der Waals surface area contributed by atoms with E-state index in [9.17, 15) is 0 Å². The highest BCUT2D eigenvalue weighted by Crippen LogP contribution is 2.27. The molecule has 1 aromatic rings. The standard InChI is InChI=1S/C13H17BrOS3/c14-6-1-7-15-11-4-2-10(3-5-11)13-8-12(9-16)17-18-13/h2-5,9,12-13,17-18H,1,6-8H2. The SMILES string of the molecule is S=CC1CC(c2ccc(OCCCBr)cc2)[SH]=[SH]1. The molecule has 0 N–H and O–H groups in total. The van der Waals surface area contributed by atoms with Crippen LogP contribution in [0.2, 0.25) is 0 Å². The van der Waals surface area contributed by atoms with Gasteiger partial charge in [0.2, 0.25) is 0 Å². The van der Waals surface area contributed by atoms with Gasteiger partial charge in [0.25, 0.3) is 0 Å². The van der Waals surface area contributed by atoms with Crippen molar-refractivity contribution < 1.29 is 4.74 Å². The average molecular weight is 365 g/mol. The second kappa shape index (κ2) is 7.78. The zero-order chi connectivity index (χ0) is 12.8. The molecule has 0 aliphatic carbocycles. The third-order valence-electron chi connectivity index (χ3n) is 2.79.